The summed E-state index contributed by atoms with van der Waals surface area (Å²) in [6.45, 7) is 4.06. The Morgan fingerprint density at radius 1 is 1.31 bits per heavy atom. The number of pyridine rings is 1. The minimum Gasteiger partial charge on any atom is -0.305 e. The van der Waals surface area contributed by atoms with Gasteiger partial charge in [0, 0.05) is 23.1 Å². The second-order valence-corrected chi connectivity index (χ2v) is 6.45. The van der Waals surface area contributed by atoms with E-state index < -0.39 is 9.05 Å². The minimum absolute atomic E-state index is 0.0781. The van der Waals surface area contributed by atoms with Crippen molar-refractivity contribution in [3.63, 3.8) is 0 Å². The molecule has 16 heavy (non-hydrogen) atoms. The van der Waals surface area contributed by atoms with E-state index in [0.29, 0.717) is 11.6 Å². The Morgan fingerprint density at radius 3 is 2.56 bits per heavy atom. The lowest BCUT2D eigenvalue weighted by atomic mass is 10.2. The third kappa shape index (κ3) is 2.05. The standard InChI is InChI=1S/C10H11ClN2O2S/c1-7(2)9-6-13-5-8(16(11,14)15)3-4-10(13)12-9/h3-7H,1-2H3. The summed E-state index contributed by atoms with van der Waals surface area (Å²) in [5.41, 5.74) is 1.64. The van der Waals surface area contributed by atoms with E-state index >= 15 is 0 Å². The van der Waals surface area contributed by atoms with Crippen molar-refractivity contribution in [2.24, 2.45) is 0 Å². The molecular weight excluding hydrogens is 248 g/mol. The molecule has 0 aromatic carbocycles. The molecule has 86 valence electrons. The molecule has 0 N–H and O–H groups in total. The highest BCUT2D eigenvalue weighted by Crippen LogP contribution is 2.18. The highest BCUT2D eigenvalue weighted by atomic mass is 35.7. The van der Waals surface area contributed by atoms with Gasteiger partial charge in [-0.2, -0.15) is 0 Å². The Kier molecular flexibility index (Phi) is 2.67. The number of nitrogens with zero attached hydrogens (tertiary/aromatic N) is 2. The number of hydrogen-bond donors (Lipinski definition) is 0. The Hall–Kier alpha value is -1.07. The molecule has 0 aliphatic rings. The number of halogens is 1. The molecule has 0 unspecified atom stereocenters. The average Bonchev–Trinajstić information content (AvgIpc) is 2.58. The maximum absolute atomic E-state index is 11.1. The fraction of sp³-hybridized carbons (Fsp3) is 0.300. The summed E-state index contributed by atoms with van der Waals surface area (Å²) in [7, 11) is 1.59. The Morgan fingerprint density at radius 2 is 2.00 bits per heavy atom. The third-order valence-electron chi connectivity index (χ3n) is 2.32. The van der Waals surface area contributed by atoms with Gasteiger partial charge in [-0.25, -0.2) is 13.4 Å². The van der Waals surface area contributed by atoms with Gasteiger partial charge in [0.1, 0.15) is 5.65 Å². The second-order valence-electron chi connectivity index (χ2n) is 3.89. The predicted octanol–water partition coefficient (Wildman–Crippen LogP) is 2.39. The van der Waals surface area contributed by atoms with Crippen LogP contribution in [0.25, 0.3) is 5.65 Å². The normalized spacial score (nSPS) is 12.5. The molecular formula is C10H11ClN2O2S. The number of rotatable bonds is 2. The highest BCUT2D eigenvalue weighted by molar-refractivity contribution is 8.13. The zero-order valence-corrected chi connectivity index (χ0v) is 10.5. The number of hydrogen-bond acceptors (Lipinski definition) is 3. The van der Waals surface area contributed by atoms with Crippen molar-refractivity contribution in [3.8, 4) is 0 Å². The molecule has 0 atom stereocenters. The lowest BCUT2D eigenvalue weighted by Crippen LogP contribution is -1.93. The van der Waals surface area contributed by atoms with Gasteiger partial charge in [0.05, 0.1) is 10.6 Å². The van der Waals surface area contributed by atoms with E-state index in [2.05, 4.69) is 4.98 Å². The Balaban J connectivity index is 2.63. The molecule has 4 nitrogen and oxygen atoms in total. The molecule has 2 heterocycles. The van der Waals surface area contributed by atoms with E-state index in [-0.39, 0.29) is 4.90 Å². The highest BCUT2D eigenvalue weighted by Gasteiger charge is 2.12. The monoisotopic (exact) mass is 258 g/mol. The van der Waals surface area contributed by atoms with Crippen molar-refractivity contribution >= 4 is 25.4 Å². The van der Waals surface area contributed by atoms with Crippen LogP contribution in [0.4, 0.5) is 0 Å². The molecule has 2 aromatic heterocycles. The van der Waals surface area contributed by atoms with Gasteiger partial charge in [-0.3, -0.25) is 0 Å². The van der Waals surface area contributed by atoms with Crippen LogP contribution in [-0.4, -0.2) is 17.8 Å². The van der Waals surface area contributed by atoms with Gasteiger partial charge < -0.3 is 4.40 Å². The molecule has 0 aliphatic carbocycles. The molecule has 2 rings (SSSR count). The molecule has 0 saturated carbocycles. The van der Waals surface area contributed by atoms with E-state index in [1.54, 1.807) is 10.5 Å². The van der Waals surface area contributed by atoms with E-state index in [1.165, 1.54) is 12.3 Å². The van der Waals surface area contributed by atoms with Gasteiger partial charge in [-0.05, 0) is 18.1 Å². The average molecular weight is 259 g/mol. The Bertz CT molecular complexity index is 631. The molecule has 0 bridgehead atoms. The van der Waals surface area contributed by atoms with Crippen LogP contribution >= 0.6 is 10.7 Å². The minimum atomic E-state index is -3.68. The van der Waals surface area contributed by atoms with Crippen molar-refractivity contribution in [1.29, 1.82) is 0 Å². The predicted molar refractivity (Wildman–Crippen MR) is 62.3 cm³/mol. The first-order valence-electron chi connectivity index (χ1n) is 4.81. The zero-order chi connectivity index (χ0) is 11.9. The fourth-order valence-corrected chi connectivity index (χ4v) is 2.16. The smallest absolute Gasteiger partial charge is 0.262 e. The molecule has 0 aliphatic heterocycles. The number of imidazole rings is 1. The van der Waals surface area contributed by atoms with Crippen molar-refractivity contribution in [3.05, 3.63) is 30.2 Å². The van der Waals surface area contributed by atoms with Gasteiger partial charge in [0.25, 0.3) is 9.05 Å². The molecule has 0 fully saturated rings. The molecule has 0 spiro atoms. The zero-order valence-electron chi connectivity index (χ0n) is 8.88. The van der Waals surface area contributed by atoms with Crippen LogP contribution < -0.4 is 0 Å². The molecule has 0 saturated heterocycles. The lowest BCUT2D eigenvalue weighted by Gasteiger charge is -1.96. The van der Waals surface area contributed by atoms with Crippen LogP contribution in [0.3, 0.4) is 0 Å². The summed E-state index contributed by atoms with van der Waals surface area (Å²) < 4.78 is 24.0. The van der Waals surface area contributed by atoms with Crippen molar-refractivity contribution in [1.82, 2.24) is 9.38 Å². The van der Waals surface area contributed by atoms with Crippen LogP contribution in [0, 0.1) is 0 Å². The first-order valence-corrected chi connectivity index (χ1v) is 7.12. The summed E-state index contributed by atoms with van der Waals surface area (Å²) in [6, 6.07) is 3.09. The maximum atomic E-state index is 11.1. The fourth-order valence-electron chi connectivity index (χ4n) is 1.41. The second kappa shape index (κ2) is 3.75. The van der Waals surface area contributed by atoms with Crippen LogP contribution in [0.15, 0.2) is 29.4 Å². The van der Waals surface area contributed by atoms with Gasteiger partial charge in [0.2, 0.25) is 0 Å². The van der Waals surface area contributed by atoms with Crippen LogP contribution in [-0.2, 0) is 9.05 Å². The first kappa shape index (κ1) is 11.4. The van der Waals surface area contributed by atoms with Crippen LogP contribution in [0.2, 0.25) is 0 Å². The van der Waals surface area contributed by atoms with Crippen LogP contribution in [0.1, 0.15) is 25.5 Å². The topological polar surface area (TPSA) is 51.4 Å². The van der Waals surface area contributed by atoms with Crippen molar-refractivity contribution in [2.45, 2.75) is 24.7 Å². The first-order chi connectivity index (χ1) is 7.38. The summed E-state index contributed by atoms with van der Waals surface area (Å²) >= 11 is 0. The third-order valence-corrected chi connectivity index (χ3v) is 3.65. The van der Waals surface area contributed by atoms with Gasteiger partial charge in [-0.1, -0.05) is 13.8 Å². The van der Waals surface area contributed by atoms with Gasteiger partial charge in [0.15, 0.2) is 0 Å². The number of fused-ring (bicyclic) bond motifs is 1. The SMILES string of the molecule is CC(C)c1cn2cc(S(=O)(=O)Cl)ccc2n1. The summed E-state index contributed by atoms with van der Waals surface area (Å²) in [4.78, 5) is 4.44. The van der Waals surface area contributed by atoms with E-state index in [4.69, 9.17) is 10.7 Å². The lowest BCUT2D eigenvalue weighted by molar-refractivity contribution is 0.609. The summed E-state index contributed by atoms with van der Waals surface area (Å²) in [5, 5.41) is 0. The quantitative estimate of drug-likeness (QED) is 0.777. The van der Waals surface area contributed by atoms with Crippen LogP contribution in [0.5, 0.6) is 0 Å². The molecule has 0 amide bonds. The molecule has 0 radical (unpaired) electrons. The Labute approximate surface area is 98.3 Å². The van der Waals surface area contributed by atoms with Gasteiger partial charge >= 0.3 is 0 Å². The van der Waals surface area contributed by atoms with Crippen molar-refractivity contribution in [2.75, 3.05) is 0 Å². The van der Waals surface area contributed by atoms with E-state index in [1.807, 2.05) is 20.0 Å². The van der Waals surface area contributed by atoms with E-state index in [9.17, 15) is 8.42 Å². The van der Waals surface area contributed by atoms with Gasteiger partial charge in [-0.15, -0.1) is 0 Å². The summed E-state index contributed by atoms with van der Waals surface area (Å²) in [6.07, 6.45) is 3.28. The largest absolute Gasteiger partial charge is 0.305 e. The van der Waals surface area contributed by atoms with Crippen molar-refractivity contribution < 1.29 is 8.42 Å². The summed E-state index contributed by atoms with van der Waals surface area (Å²) in [5.74, 6) is 0.302. The van der Waals surface area contributed by atoms with E-state index in [0.717, 1.165) is 5.69 Å². The number of aromatic nitrogens is 2. The maximum Gasteiger partial charge on any atom is 0.262 e. The molecule has 6 heteroatoms. The molecule has 2 aromatic rings.